The molecule has 108 valence electrons. The highest BCUT2D eigenvalue weighted by Gasteiger charge is 2.07. The average molecular weight is 284 g/mol. The van der Waals surface area contributed by atoms with Gasteiger partial charge in [0, 0.05) is 11.8 Å². The summed E-state index contributed by atoms with van der Waals surface area (Å²) >= 11 is 0. The molecule has 0 heterocycles. The number of benzene rings is 2. The maximum Gasteiger partial charge on any atom is 0.244 e. The maximum absolute atomic E-state index is 13.1. The van der Waals surface area contributed by atoms with Crippen LogP contribution in [0.2, 0.25) is 0 Å². The van der Waals surface area contributed by atoms with Gasteiger partial charge in [-0.1, -0.05) is 24.3 Å². The molecule has 0 bridgehead atoms. The number of amides is 1. The quantitative estimate of drug-likeness (QED) is 0.668. The van der Waals surface area contributed by atoms with Crippen molar-refractivity contribution < 1.29 is 9.18 Å². The van der Waals surface area contributed by atoms with Gasteiger partial charge in [-0.15, -0.1) is 0 Å². The molecule has 2 rings (SSSR count). The van der Waals surface area contributed by atoms with Gasteiger partial charge in [-0.2, -0.15) is 0 Å². The lowest BCUT2D eigenvalue weighted by atomic mass is 10.1. The normalized spacial score (nSPS) is 12.3. The fourth-order valence-electron chi connectivity index (χ4n) is 1.96. The van der Waals surface area contributed by atoms with E-state index in [0.29, 0.717) is 5.69 Å². The van der Waals surface area contributed by atoms with Crippen LogP contribution in [0.1, 0.15) is 24.1 Å². The van der Waals surface area contributed by atoms with Crippen molar-refractivity contribution in [1.82, 2.24) is 5.32 Å². The molecule has 1 amide bonds. The van der Waals surface area contributed by atoms with Crippen LogP contribution >= 0.6 is 0 Å². The number of rotatable bonds is 4. The van der Waals surface area contributed by atoms with Crippen LogP contribution in [0.4, 0.5) is 10.1 Å². The van der Waals surface area contributed by atoms with Crippen LogP contribution in [0.5, 0.6) is 0 Å². The van der Waals surface area contributed by atoms with Crippen molar-refractivity contribution in [3.05, 3.63) is 71.6 Å². The summed E-state index contributed by atoms with van der Waals surface area (Å²) in [4.78, 5) is 11.8. The number of anilines is 1. The molecule has 0 radical (unpaired) electrons. The molecular weight excluding hydrogens is 267 g/mol. The Morgan fingerprint density at radius 2 is 2.00 bits per heavy atom. The molecule has 3 N–H and O–H groups in total. The first-order valence-electron chi connectivity index (χ1n) is 6.64. The summed E-state index contributed by atoms with van der Waals surface area (Å²) in [6, 6.07) is 13.1. The van der Waals surface area contributed by atoms with Gasteiger partial charge in [-0.05, 0) is 48.4 Å². The lowest BCUT2D eigenvalue weighted by molar-refractivity contribution is -0.117. The van der Waals surface area contributed by atoms with Gasteiger partial charge in [0.25, 0.3) is 0 Å². The Balaban J connectivity index is 1.98. The second-order valence-corrected chi connectivity index (χ2v) is 4.79. The van der Waals surface area contributed by atoms with E-state index in [1.165, 1.54) is 18.2 Å². The Kier molecular flexibility index (Phi) is 4.72. The number of nitrogens with one attached hydrogen (secondary N) is 1. The summed E-state index contributed by atoms with van der Waals surface area (Å²) in [7, 11) is 0. The third-order valence-electron chi connectivity index (χ3n) is 3.05. The predicted molar refractivity (Wildman–Crippen MR) is 82.8 cm³/mol. The molecule has 1 unspecified atom stereocenters. The van der Waals surface area contributed by atoms with Gasteiger partial charge in [-0.3, -0.25) is 4.79 Å². The molecule has 0 aliphatic carbocycles. The van der Waals surface area contributed by atoms with E-state index in [2.05, 4.69) is 5.32 Å². The zero-order valence-corrected chi connectivity index (χ0v) is 11.7. The Morgan fingerprint density at radius 1 is 1.24 bits per heavy atom. The Hall–Kier alpha value is -2.62. The van der Waals surface area contributed by atoms with Crippen molar-refractivity contribution in [2.75, 3.05) is 5.73 Å². The summed E-state index contributed by atoms with van der Waals surface area (Å²) in [6.07, 6.45) is 3.12. The molecule has 4 heteroatoms. The Labute approximate surface area is 123 Å². The smallest absolute Gasteiger partial charge is 0.244 e. The number of nitrogens with two attached hydrogens (primary N) is 1. The summed E-state index contributed by atoms with van der Waals surface area (Å²) < 4.78 is 13.1. The highest BCUT2D eigenvalue weighted by Crippen LogP contribution is 2.13. The minimum Gasteiger partial charge on any atom is -0.399 e. The Morgan fingerprint density at radius 3 is 2.71 bits per heavy atom. The van der Waals surface area contributed by atoms with Crippen LogP contribution in [0, 0.1) is 5.82 Å². The average Bonchev–Trinajstić information content (AvgIpc) is 2.45. The fraction of sp³-hybridized carbons (Fsp3) is 0.118. The van der Waals surface area contributed by atoms with Crippen LogP contribution in [0.15, 0.2) is 54.6 Å². The molecule has 0 saturated carbocycles. The van der Waals surface area contributed by atoms with Gasteiger partial charge < -0.3 is 11.1 Å². The number of hydrogen-bond acceptors (Lipinski definition) is 2. The molecule has 0 spiro atoms. The second-order valence-electron chi connectivity index (χ2n) is 4.79. The monoisotopic (exact) mass is 284 g/mol. The van der Waals surface area contributed by atoms with E-state index in [1.807, 2.05) is 12.1 Å². The highest BCUT2D eigenvalue weighted by molar-refractivity contribution is 5.92. The lowest BCUT2D eigenvalue weighted by Crippen LogP contribution is -2.24. The molecule has 0 saturated heterocycles. The molecule has 0 fully saturated rings. The van der Waals surface area contributed by atoms with Crippen molar-refractivity contribution in [2.24, 2.45) is 0 Å². The number of carbonyl (C=O) groups excluding carboxylic acids is 1. The number of nitrogen functional groups attached to an aromatic ring is 1. The van der Waals surface area contributed by atoms with Crippen LogP contribution in [0.3, 0.4) is 0 Å². The molecule has 0 aliphatic heterocycles. The summed E-state index contributed by atoms with van der Waals surface area (Å²) in [6.45, 7) is 1.81. The molecule has 0 aromatic heterocycles. The maximum atomic E-state index is 13.1. The fourth-order valence-corrected chi connectivity index (χ4v) is 1.96. The topological polar surface area (TPSA) is 55.1 Å². The van der Waals surface area contributed by atoms with E-state index in [9.17, 15) is 9.18 Å². The standard InChI is InChI=1S/C17H17FN2O/c1-12(14-5-3-6-15(18)11-14)20-17(21)9-8-13-4-2-7-16(19)10-13/h2-12H,19H2,1H3,(H,20,21)/b9-8+. The van der Waals surface area contributed by atoms with Gasteiger partial charge in [0.05, 0.1) is 6.04 Å². The van der Waals surface area contributed by atoms with E-state index >= 15 is 0 Å². The van der Waals surface area contributed by atoms with Gasteiger partial charge in [-0.25, -0.2) is 4.39 Å². The number of halogens is 1. The predicted octanol–water partition coefficient (Wildman–Crippen LogP) is 3.30. The molecule has 2 aromatic carbocycles. The minimum atomic E-state index is -0.316. The van der Waals surface area contributed by atoms with Gasteiger partial charge in [0.2, 0.25) is 5.91 Å². The molecule has 2 aromatic rings. The third kappa shape index (κ3) is 4.45. The van der Waals surface area contributed by atoms with Gasteiger partial charge in [0.15, 0.2) is 0 Å². The van der Waals surface area contributed by atoms with E-state index in [4.69, 9.17) is 5.73 Å². The van der Waals surface area contributed by atoms with Gasteiger partial charge in [0.1, 0.15) is 5.82 Å². The van der Waals surface area contributed by atoms with Crippen molar-refractivity contribution in [3.8, 4) is 0 Å². The zero-order valence-electron chi connectivity index (χ0n) is 11.7. The highest BCUT2D eigenvalue weighted by atomic mass is 19.1. The van der Waals surface area contributed by atoms with Crippen molar-refractivity contribution >= 4 is 17.7 Å². The summed E-state index contributed by atoms with van der Waals surface area (Å²) in [5.74, 6) is -0.557. The van der Waals surface area contributed by atoms with Crippen molar-refractivity contribution in [2.45, 2.75) is 13.0 Å². The minimum absolute atomic E-state index is 0.241. The van der Waals surface area contributed by atoms with E-state index in [0.717, 1.165) is 11.1 Å². The number of hydrogen-bond donors (Lipinski definition) is 2. The van der Waals surface area contributed by atoms with E-state index in [1.54, 1.807) is 37.3 Å². The van der Waals surface area contributed by atoms with E-state index < -0.39 is 0 Å². The summed E-state index contributed by atoms with van der Waals surface area (Å²) in [5.41, 5.74) is 7.88. The summed E-state index contributed by atoms with van der Waals surface area (Å²) in [5, 5.41) is 2.78. The largest absolute Gasteiger partial charge is 0.399 e. The first kappa shape index (κ1) is 14.8. The molecule has 1 atom stereocenters. The first-order valence-corrected chi connectivity index (χ1v) is 6.64. The third-order valence-corrected chi connectivity index (χ3v) is 3.05. The SMILES string of the molecule is CC(NC(=O)/C=C/c1cccc(N)c1)c1cccc(F)c1. The van der Waals surface area contributed by atoms with Crippen LogP contribution in [0.25, 0.3) is 6.08 Å². The van der Waals surface area contributed by atoms with Crippen LogP contribution in [-0.4, -0.2) is 5.91 Å². The molecule has 0 aliphatic rings. The molecule has 3 nitrogen and oxygen atoms in total. The number of carbonyl (C=O) groups is 1. The zero-order chi connectivity index (χ0) is 15.2. The van der Waals surface area contributed by atoms with Crippen molar-refractivity contribution in [3.63, 3.8) is 0 Å². The van der Waals surface area contributed by atoms with E-state index in [-0.39, 0.29) is 17.8 Å². The molecular formula is C17H17FN2O. The van der Waals surface area contributed by atoms with Gasteiger partial charge >= 0.3 is 0 Å². The Bertz CT molecular complexity index is 667. The lowest BCUT2D eigenvalue weighted by Gasteiger charge is -2.12. The van der Waals surface area contributed by atoms with Crippen LogP contribution < -0.4 is 11.1 Å². The van der Waals surface area contributed by atoms with Crippen LogP contribution in [-0.2, 0) is 4.79 Å². The molecule has 21 heavy (non-hydrogen) atoms. The second kappa shape index (κ2) is 6.70. The first-order chi connectivity index (χ1) is 10.0. The van der Waals surface area contributed by atoms with Crippen molar-refractivity contribution in [1.29, 1.82) is 0 Å².